The van der Waals surface area contributed by atoms with Crippen molar-refractivity contribution >= 4 is 5.82 Å². The zero-order chi connectivity index (χ0) is 11.8. The van der Waals surface area contributed by atoms with Crippen molar-refractivity contribution in [1.29, 1.82) is 0 Å². The Kier molecular flexibility index (Phi) is 2.35. The fourth-order valence-electron chi connectivity index (χ4n) is 1.90. The van der Waals surface area contributed by atoms with Crippen LogP contribution in [0.15, 0.2) is 30.3 Å². The van der Waals surface area contributed by atoms with Gasteiger partial charge in [0.05, 0.1) is 5.69 Å². The van der Waals surface area contributed by atoms with Gasteiger partial charge >= 0.3 is 0 Å². The Balaban J connectivity index is 1.96. The summed E-state index contributed by atoms with van der Waals surface area (Å²) in [5.74, 6) is 0.613. The summed E-state index contributed by atoms with van der Waals surface area (Å²) in [7, 11) is 1.83. The van der Waals surface area contributed by atoms with Crippen LogP contribution in [0, 0.1) is 5.82 Å². The molecule has 1 aromatic carbocycles. The second-order valence-corrected chi connectivity index (χ2v) is 4.44. The minimum atomic E-state index is -0.214. The summed E-state index contributed by atoms with van der Waals surface area (Å²) in [5, 5.41) is 7.66. The maximum atomic E-state index is 13.7. The molecule has 0 radical (unpaired) electrons. The first-order valence-electron chi connectivity index (χ1n) is 5.79. The van der Waals surface area contributed by atoms with Gasteiger partial charge in [0.2, 0.25) is 0 Å². The van der Waals surface area contributed by atoms with Crippen molar-refractivity contribution in [2.24, 2.45) is 7.05 Å². The van der Waals surface area contributed by atoms with Gasteiger partial charge in [-0.3, -0.25) is 4.68 Å². The van der Waals surface area contributed by atoms with Gasteiger partial charge in [0, 0.05) is 24.7 Å². The zero-order valence-corrected chi connectivity index (χ0v) is 9.65. The molecule has 0 spiro atoms. The fourth-order valence-corrected chi connectivity index (χ4v) is 1.90. The first-order valence-corrected chi connectivity index (χ1v) is 5.79. The largest absolute Gasteiger partial charge is 0.366 e. The molecule has 0 unspecified atom stereocenters. The van der Waals surface area contributed by atoms with E-state index in [2.05, 4.69) is 10.4 Å². The zero-order valence-electron chi connectivity index (χ0n) is 9.65. The number of hydrogen-bond acceptors (Lipinski definition) is 2. The summed E-state index contributed by atoms with van der Waals surface area (Å²) in [5.41, 5.74) is 1.39. The van der Waals surface area contributed by atoms with E-state index in [0.717, 1.165) is 11.5 Å². The average molecular weight is 231 g/mol. The summed E-state index contributed by atoms with van der Waals surface area (Å²) in [6.07, 6.45) is 2.40. The first-order chi connectivity index (χ1) is 8.24. The van der Waals surface area contributed by atoms with E-state index in [0.29, 0.717) is 11.6 Å². The Morgan fingerprint density at radius 3 is 2.82 bits per heavy atom. The van der Waals surface area contributed by atoms with Crippen LogP contribution in [-0.4, -0.2) is 15.8 Å². The normalized spacial score (nSPS) is 14.9. The number of aryl methyl sites for hydroxylation is 1. The average Bonchev–Trinajstić information content (AvgIpc) is 3.03. The van der Waals surface area contributed by atoms with Crippen molar-refractivity contribution in [1.82, 2.24) is 9.78 Å². The van der Waals surface area contributed by atoms with Gasteiger partial charge in [0.25, 0.3) is 0 Å². The fraction of sp³-hybridized carbons (Fsp3) is 0.308. The molecule has 0 bridgehead atoms. The molecule has 3 nitrogen and oxygen atoms in total. The minimum Gasteiger partial charge on any atom is -0.366 e. The molecule has 1 aliphatic carbocycles. The van der Waals surface area contributed by atoms with Gasteiger partial charge in [-0.15, -0.1) is 0 Å². The van der Waals surface area contributed by atoms with Gasteiger partial charge in [-0.25, -0.2) is 4.39 Å². The lowest BCUT2D eigenvalue weighted by Crippen LogP contribution is -2.02. The summed E-state index contributed by atoms with van der Waals surface area (Å²) in [6.45, 7) is 0. The van der Waals surface area contributed by atoms with Crippen LogP contribution in [0.1, 0.15) is 12.8 Å². The predicted molar refractivity (Wildman–Crippen MR) is 65.2 cm³/mol. The van der Waals surface area contributed by atoms with Gasteiger partial charge in [0.1, 0.15) is 11.6 Å². The highest BCUT2D eigenvalue weighted by Crippen LogP contribution is 2.28. The second kappa shape index (κ2) is 3.87. The molecule has 17 heavy (non-hydrogen) atoms. The van der Waals surface area contributed by atoms with Crippen LogP contribution in [0.5, 0.6) is 0 Å². The monoisotopic (exact) mass is 231 g/mol. The molecule has 3 rings (SSSR count). The van der Waals surface area contributed by atoms with Crippen LogP contribution in [-0.2, 0) is 7.05 Å². The molecule has 1 fully saturated rings. The molecular weight excluding hydrogens is 217 g/mol. The maximum absolute atomic E-state index is 13.7. The molecule has 0 atom stereocenters. The third-order valence-electron chi connectivity index (χ3n) is 2.96. The first kappa shape index (κ1) is 10.3. The molecule has 0 aliphatic heterocycles. The van der Waals surface area contributed by atoms with E-state index >= 15 is 0 Å². The number of anilines is 1. The Morgan fingerprint density at radius 2 is 2.12 bits per heavy atom. The number of benzene rings is 1. The number of halogens is 1. The van der Waals surface area contributed by atoms with Crippen LogP contribution >= 0.6 is 0 Å². The number of aromatic nitrogens is 2. The second-order valence-electron chi connectivity index (χ2n) is 4.44. The molecule has 1 heterocycles. The van der Waals surface area contributed by atoms with Crippen molar-refractivity contribution < 1.29 is 4.39 Å². The predicted octanol–water partition coefficient (Wildman–Crippen LogP) is 2.80. The van der Waals surface area contributed by atoms with E-state index in [1.54, 1.807) is 16.8 Å². The topological polar surface area (TPSA) is 29.9 Å². The lowest BCUT2D eigenvalue weighted by atomic mass is 10.1. The molecule has 88 valence electrons. The van der Waals surface area contributed by atoms with Crippen molar-refractivity contribution in [2.45, 2.75) is 18.9 Å². The maximum Gasteiger partial charge on any atom is 0.148 e. The van der Waals surface area contributed by atoms with E-state index in [-0.39, 0.29) is 5.82 Å². The highest BCUT2D eigenvalue weighted by molar-refractivity contribution is 5.64. The van der Waals surface area contributed by atoms with E-state index in [1.807, 2.05) is 19.2 Å². The summed E-state index contributed by atoms with van der Waals surface area (Å²) in [4.78, 5) is 0. The molecule has 1 saturated carbocycles. The highest BCUT2D eigenvalue weighted by Gasteiger charge is 2.22. The van der Waals surface area contributed by atoms with E-state index in [9.17, 15) is 4.39 Å². The van der Waals surface area contributed by atoms with E-state index < -0.39 is 0 Å². The summed E-state index contributed by atoms with van der Waals surface area (Å²) < 4.78 is 15.4. The minimum absolute atomic E-state index is 0.214. The number of rotatable bonds is 3. The van der Waals surface area contributed by atoms with Crippen LogP contribution in [0.4, 0.5) is 10.2 Å². The Labute approximate surface area is 99.3 Å². The number of nitrogens with one attached hydrogen (secondary N) is 1. The number of nitrogens with zero attached hydrogens (tertiary/aromatic N) is 2. The third kappa shape index (κ3) is 2.02. The van der Waals surface area contributed by atoms with Crippen molar-refractivity contribution in [3.63, 3.8) is 0 Å². The van der Waals surface area contributed by atoms with Gasteiger partial charge in [-0.2, -0.15) is 5.10 Å². The lowest BCUT2D eigenvalue weighted by Gasteiger charge is -2.01. The molecular formula is C13H14FN3. The molecule has 0 amide bonds. The highest BCUT2D eigenvalue weighted by atomic mass is 19.1. The number of hydrogen-bond donors (Lipinski definition) is 1. The SMILES string of the molecule is Cn1nc(NC2CC2)cc1-c1ccccc1F. The van der Waals surface area contributed by atoms with Crippen molar-refractivity contribution in [3.8, 4) is 11.3 Å². The molecule has 1 aliphatic rings. The third-order valence-corrected chi connectivity index (χ3v) is 2.96. The Hall–Kier alpha value is -1.84. The van der Waals surface area contributed by atoms with Gasteiger partial charge in [0.15, 0.2) is 0 Å². The summed E-state index contributed by atoms with van der Waals surface area (Å²) >= 11 is 0. The summed E-state index contributed by atoms with van der Waals surface area (Å²) in [6, 6.07) is 9.22. The smallest absolute Gasteiger partial charge is 0.148 e. The molecule has 2 aromatic rings. The lowest BCUT2D eigenvalue weighted by molar-refractivity contribution is 0.628. The van der Waals surface area contributed by atoms with E-state index in [1.165, 1.54) is 18.9 Å². The van der Waals surface area contributed by atoms with Crippen LogP contribution < -0.4 is 5.32 Å². The standard InChI is InChI=1S/C13H14FN3/c1-17-12(10-4-2-3-5-11(10)14)8-13(16-17)15-9-6-7-9/h2-5,8-9H,6-7H2,1H3,(H,15,16). The Bertz CT molecular complexity index is 543. The quantitative estimate of drug-likeness (QED) is 0.880. The van der Waals surface area contributed by atoms with Gasteiger partial charge in [-0.1, -0.05) is 12.1 Å². The van der Waals surface area contributed by atoms with E-state index in [4.69, 9.17) is 0 Å². The van der Waals surface area contributed by atoms with Crippen molar-refractivity contribution in [3.05, 3.63) is 36.1 Å². The van der Waals surface area contributed by atoms with Crippen LogP contribution in [0.3, 0.4) is 0 Å². The van der Waals surface area contributed by atoms with Gasteiger partial charge < -0.3 is 5.32 Å². The molecule has 1 aromatic heterocycles. The molecule has 1 N–H and O–H groups in total. The van der Waals surface area contributed by atoms with Crippen molar-refractivity contribution in [2.75, 3.05) is 5.32 Å². The molecule has 4 heteroatoms. The Morgan fingerprint density at radius 1 is 1.35 bits per heavy atom. The van der Waals surface area contributed by atoms with Gasteiger partial charge in [-0.05, 0) is 25.0 Å². The van der Waals surface area contributed by atoms with Crippen LogP contribution in [0.2, 0.25) is 0 Å². The van der Waals surface area contributed by atoms with Crippen LogP contribution in [0.25, 0.3) is 11.3 Å². The molecule has 0 saturated heterocycles.